The molecule has 0 bridgehead atoms. The van der Waals surface area contributed by atoms with E-state index in [-0.39, 0.29) is 16.5 Å². The summed E-state index contributed by atoms with van der Waals surface area (Å²) < 4.78 is 30.1. The molecule has 0 N–H and O–H groups in total. The minimum atomic E-state index is -3.30. The number of rotatable bonds is 4. The van der Waals surface area contributed by atoms with Crippen LogP contribution in [0.1, 0.15) is 19.3 Å². The quantitative estimate of drug-likeness (QED) is 0.855. The van der Waals surface area contributed by atoms with Gasteiger partial charge in [-0.05, 0) is 40.8 Å². The Hall–Kier alpha value is -0.620. The van der Waals surface area contributed by atoms with Crippen molar-refractivity contribution >= 4 is 25.8 Å². The van der Waals surface area contributed by atoms with Crippen molar-refractivity contribution in [3.8, 4) is 5.88 Å². The zero-order valence-corrected chi connectivity index (χ0v) is 11.9. The van der Waals surface area contributed by atoms with E-state index in [9.17, 15) is 8.42 Å². The summed E-state index contributed by atoms with van der Waals surface area (Å²) in [5.74, 6) is 0.665. The van der Waals surface area contributed by atoms with Crippen LogP contribution in [0.2, 0.25) is 0 Å². The zero-order valence-electron chi connectivity index (χ0n) is 9.52. The topological polar surface area (TPSA) is 56.3 Å². The highest BCUT2D eigenvalue weighted by Gasteiger charge is 2.28. The Morgan fingerprint density at radius 1 is 1.53 bits per heavy atom. The molecule has 0 amide bonds. The van der Waals surface area contributed by atoms with Crippen molar-refractivity contribution in [3.05, 3.63) is 16.7 Å². The lowest BCUT2D eigenvalue weighted by Gasteiger charge is -2.25. The molecule has 1 aliphatic carbocycles. The van der Waals surface area contributed by atoms with E-state index >= 15 is 0 Å². The van der Waals surface area contributed by atoms with Crippen molar-refractivity contribution < 1.29 is 13.2 Å². The van der Waals surface area contributed by atoms with Crippen LogP contribution in [0.3, 0.4) is 0 Å². The van der Waals surface area contributed by atoms with Crippen molar-refractivity contribution in [2.75, 3.05) is 12.9 Å². The average Bonchev–Trinajstić information content (AvgIpc) is 2.24. The molecule has 6 heteroatoms. The molecule has 1 heterocycles. The molecule has 1 aromatic rings. The third kappa shape index (κ3) is 2.80. The molecule has 0 radical (unpaired) electrons. The third-order valence-corrected chi connectivity index (χ3v) is 5.30. The fourth-order valence-corrected chi connectivity index (χ4v) is 4.17. The second kappa shape index (κ2) is 4.94. The molecular weight excluding hydrogens is 306 g/mol. The van der Waals surface area contributed by atoms with Crippen LogP contribution in [0.4, 0.5) is 0 Å². The van der Waals surface area contributed by atoms with E-state index < -0.39 is 9.84 Å². The van der Waals surface area contributed by atoms with Crippen LogP contribution in [-0.4, -0.2) is 26.3 Å². The monoisotopic (exact) mass is 319 g/mol. The number of pyridine rings is 1. The van der Waals surface area contributed by atoms with Gasteiger partial charge in [0.05, 0.1) is 12.9 Å². The molecule has 1 fully saturated rings. The molecule has 17 heavy (non-hydrogen) atoms. The van der Waals surface area contributed by atoms with Gasteiger partial charge in [-0.15, -0.1) is 0 Å². The van der Waals surface area contributed by atoms with Crippen LogP contribution in [0.15, 0.2) is 21.6 Å². The SMILES string of the molecule is COc1ncc(Br)cc1S(=O)(=O)CC1CCC1. The summed E-state index contributed by atoms with van der Waals surface area (Å²) in [6.07, 6.45) is 4.67. The summed E-state index contributed by atoms with van der Waals surface area (Å²) in [6.45, 7) is 0. The predicted octanol–water partition coefficient (Wildman–Crippen LogP) is 2.43. The molecule has 1 aromatic heterocycles. The summed E-state index contributed by atoms with van der Waals surface area (Å²) in [5, 5.41) is 0. The Kier molecular flexibility index (Phi) is 3.73. The second-order valence-corrected chi connectivity index (χ2v) is 7.16. The third-order valence-electron chi connectivity index (χ3n) is 2.99. The average molecular weight is 320 g/mol. The van der Waals surface area contributed by atoms with E-state index in [4.69, 9.17) is 4.74 Å². The number of halogens is 1. The second-order valence-electron chi connectivity index (χ2n) is 4.24. The number of ether oxygens (including phenoxy) is 1. The maximum Gasteiger partial charge on any atom is 0.232 e. The van der Waals surface area contributed by atoms with Gasteiger partial charge in [0, 0.05) is 10.7 Å². The Labute approximate surface area is 109 Å². The van der Waals surface area contributed by atoms with Gasteiger partial charge in [0.1, 0.15) is 4.90 Å². The standard InChI is InChI=1S/C11H14BrNO3S/c1-16-11-10(5-9(12)6-13-11)17(14,15)7-8-3-2-4-8/h5-6,8H,2-4,7H2,1H3. The van der Waals surface area contributed by atoms with E-state index in [1.165, 1.54) is 13.3 Å². The van der Waals surface area contributed by atoms with Crippen LogP contribution in [0.25, 0.3) is 0 Å². The van der Waals surface area contributed by atoms with Crippen LogP contribution < -0.4 is 4.74 Å². The van der Waals surface area contributed by atoms with Gasteiger partial charge in [-0.3, -0.25) is 0 Å². The lowest BCUT2D eigenvalue weighted by molar-refractivity contribution is 0.346. The van der Waals surface area contributed by atoms with Gasteiger partial charge in [-0.2, -0.15) is 0 Å². The van der Waals surface area contributed by atoms with Gasteiger partial charge in [0.25, 0.3) is 0 Å². The summed E-state index contributed by atoms with van der Waals surface area (Å²) >= 11 is 3.23. The van der Waals surface area contributed by atoms with Gasteiger partial charge in [-0.1, -0.05) is 6.42 Å². The van der Waals surface area contributed by atoms with Crippen molar-refractivity contribution in [2.24, 2.45) is 5.92 Å². The van der Waals surface area contributed by atoms with E-state index in [1.807, 2.05) is 0 Å². The van der Waals surface area contributed by atoms with Crippen molar-refractivity contribution in [1.82, 2.24) is 4.98 Å². The highest BCUT2D eigenvalue weighted by Crippen LogP contribution is 2.32. The molecule has 2 rings (SSSR count). The summed E-state index contributed by atoms with van der Waals surface area (Å²) in [4.78, 5) is 4.15. The van der Waals surface area contributed by atoms with E-state index in [0.717, 1.165) is 19.3 Å². The van der Waals surface area contributed by atoms with E-state index in [0.29, 0.717) is 10.4 Å². The lowest BCUT2D eigenvalue weighted by Crippen LogP contribution is -2.22. The zero-order chi connectivity index (χ0) is 12.5. The van der Waals surface area contributed by atoms with Crippen molar-refractivity contribution in [3.63, 3.8) is 0 Å². The van der Waals surface area contributed by atoms with E-state index in [1.54, 1.807) is 6.07 Å². The highest BCUT2D eigenvalue weighted by atomic mass is 79.9. The first-order valence-electron chi connectivity index (χ1n) is 5.45. The first-order chi connectivity index (χ1) is 8.03. The maximum absolute atomic E-state index is 12.2. The molecule has 0 aliphatic heterocycles. The minimum Gasteiger partial charge on any atom is -0.480 e. The number of aromatic nitrogens is 1. The number of hydrogen-bond acceptors (Lipinski definition) is 4. The molecule has 1 saturated carbocycles. The fourth-order valence-electron chi connectivity index (χ4n) is 1.84. The molecular formula is C11H14BrNO3S. The Morgan fingerprint density at radius 2 is 2.24 bits per heavy atom. The number of nitrogens with zero attached hydrogens (tertiary/aromatic N) is 1. The number of hydrogen-bond donors (Lipinski definition) is 0. The van der Waals surface area contributed by atoms with Crippen molar-refractivity contribution in [1.29, 1.82) is 0 Å². The molecule has 0 spiro atoms. The molecule has 0 atom stereocenters. The molecule has 0 aromatic carbocycles. The lowest BCUT2D eigenvalue weighted by atomic mass is 9.87. The first-order valence-corrected chi connectivity index (χ1v) is 7.90. The Balaban J connectivity index is 2.33. The molecule has 0 saturated heterocycles. The molecule has 0 unspecified atom stereocenters. The molecule has 94 valence electrons. The molecule has 4 nitrogen and oxygen atoms in total. The first kappa shape index (κ1) is 12.8. The summed E-state index contributed by atoms with van der Waals surface area (Å²) in [6, 6.07) is 1.56. The van der Waals surface area contributed by atoms with Gasteiger partial charge in [0.15, 0.2) is 9.84 Å². The van der Waals surface area contributed by atoms with E-state index in [2.05, 4.69) is 20.9 Å². The predicted molar refractivity (Wildman–Crippen MR) is 67.9 cm³/mol. The summed E-state index contributed by atoms with van der Waals surface area (Å²) in [7, 11) is -1.87. The van der Waals surface area contributed by atoms with Gasteiger partial charge in [-0.25, -0.2) is 13.4 Å². The number of methoxy groups -OCH3 is 1. The Morgan fingerprint density at radius 3 is 2.76 bits per heavy atom. The van der Waals surface area contributed by atoms with Crippen LogP contribution in [-0.2, 0) is 9.84 Å². The van der Waals surface area contributed by atoms with Gasteiger partial charge in [0.2, 0.25) is 5.88 Å². The van der Waals surface area contributed by atoms with Gasteiger partial charge < -0.3 is 4.74 Å². The van der Waals surface area contributed by atoms with Crippen LogP contribution in [0, 0.1) is 5.92 Å². The highest BCUT2D eigenvalue weighted by molar-refractivity contribution is 9.10. The minimum absolute atomic E-state index is 0.174. The van der Waals surface area contributed by atoms with Gasteiger partial charge >= 0.3 is 0 Å². The maximum atomic E-state index is 12.2. The molecule has 1 aliphatic rings. The van der Waals surface area contributed by atoms with Crippen LogP contribution >= 0.6 is 15.9 Å². The largest absolute Gasteiger partial charge is 0.480 e. The fraction of sp³-hybridized carbons (Fsp3) is 0.545. The normalized spacial score (nSPS) is 16.6. The smallest absolute Gasteiger partial charge is 0.232 e. The number of sulfone groups is 1. The Bertz CT molecular complexity index is 511. The van der Waals surface area contributed by atoms with Crippen LogP contribution in [0.5, 0.6) is 5.88 Å². The van der Waals surface area contributed by atoms with Crippen molar-refractivity contribution in [2.45, 2.75) is 24.2 Å². The summed E-state index contributed by atoms with van der Waals surface area (Å²) in [5.41, 5.74) is 0.